The van der Waals surface area contributed by atoms with Crippen molar-refractivity contribution in [1.29, 1.82) is 0 Å². The van der Waals surface area contributed by atoms with Crippen molar-refractivity contribution in [3.8, 4) is 56.4 Å². The van der Waals surface area contributed by atoms with Crippen molar-refractivity contribution < 1.29 is 0 Å². The molecule has 9 rings (SSSR count). The van der Waals surface area contributed by atoms with Crippen molar-refractivity contribution >= 4 is 0 Å². The normalized spacial score (nSPS) is 16.8. The number of rotatable bonds is 2. The predicted octanol–water partition coefficient (Wildman–Crippen LogP) is 9.52. The van der Waals surface area contributed by atoms with Crippen LogP contribution >= 0.6 is 0 Å². The molecule has 4 nitrogen and oxygen atoms in total. The lowest BCUT2D eigenvalue weighted by atomic mass is 9.83. The highest BCUT2D eigenvalue weighted by Crippen LogP contribution is 2.51. The van der Waals surface area contributed by atoms with Gasteiger partial charge in [0.05, 0.1) is 45.6 Å². The number of fused-ring (bicyclic) bond motifs is 9. The number of nitrogens with zero attached hydrogens (tertiary/aromatic N) is 4. The van der Waals surface area contributed by atoms with Crippen molar-refractivity contribution in [2.45, 2.75) is 57.8 Å². The third kappa shape index (κ3) is 3.43. The monoisotopic (exact) mass is 582 g/mol. The maximum absolute atomic E-state index is 5.28. The first-order chi connectivity index (χ1) is 21.6. The SMILES string of the molecule is CC1(C)c2ccc(-c3ccc4c(n3)C(C)(C)c3ccccc3-4)nc2-c2nc(-c3ccc4c(n3)C(C)(C)c3ccccc3-4)ccc21. The van der Waals surface area contributed by atoms with Crippen LogP contribution in [0.25, 0.3) is 56.4 Å². The molecule has 3 aliphatic carbocycles. The lowest BCUT2D eigenvalue weighted by molar-refractivity contribution is 0.637. The Morgan fingerprint density at radius 3 is 1.16 bits per heavy atom. The Kier molecular flexibility index (Phi) is 5.05. The summed E-state index contributed by atoms with van der Waals surface area (Å²) >= 11 is 0. The molecule has 3 aliphatic rings. The molecule has 0 aliphatic heterocycles. The number of benzene rings is 2. The van der Waals surface area contributed by atoms with Gasteiger partial charge < -0.3 is 0 Å². The van der Waals surface area contributed by atoms with E-state index < -0.39 is 0 Å². The van der Waals surface area contributed by atoms with Gasteiger partial charge in [0, 0.05) is 27.4 Å². The van der Waals surface area contributed by atoms with Crippen LogP contribution in [0.2, 0.25) is 0 Å². The summed E-state index contributed by atoms with van der Waals surface area (Å²) in [4.78, 5) is 21.1. The van der Waals surface area contributed by atoms with Crippen LogP contribution in [-0.4, -0.2) is 19.9 Å². The molecule has 0 amide bonds. The van der Waals surface area contributed by atoms with Crippen LogP contribution in [0.3, 0.4) is 0 Å². The van der Waals surface area contributed by atoms with E-state index in [2.05, 4.69) is 139 Å². The average molecular weight is 583 g/mol. The van der Waals surface area contributed by atoms with Gasteiger partial charge in [0.15, 0.2) is 0 Å². The minimum absolute atomic E-state index is 0.164. The van der Waals surface area contributed by atoms with Gasteiger partial charge in [-0.1, -0.05) is 114 Å². The summed E-state index contributed by atoms with van der Waals surface area (Å²) in [6.45, 7) is 13.6. The smallest absolute Gasteiger partial charge is 0.0938 e. The standard InChI is InChI=1S/C41H34N4/c1-39(2)29-17-21-31(33-19-15-25-23-11-7-9-13-27(23)40(3,4)37(25)44-33)42-35(29)36-30(39)18-22-32(43-36)34-20-16-26-24-12-8-10-14-28(24)41(5,6)38(26)45-34/h7-22H,1-6H3. The molecule has 2 aromatic carbocycles. The van der Waals surface area contributed by atoms with Crippen molar-refractivity contribution in [3.63, 3.8) is 0 Å². The van der Waals surface area contributed by atoms with Crippen LogP contribution in [0.15, 0.2) is 97.1 Å². The van der Waals surface area contributed by atoms with Crippen LogP contribution in [0.5, 0.6) is 0 Å². The highest BCUT2D eigenvalue weighted by Gasteiger charge is 2.40. The Labute approximate surface area is 264 Å². The molecule has 0 fully saturated rings. The van der Waals surface area contributed by atoms with Gasteiger partial charge in [0.25, 0.3) is 0 Å². The van der Waals surface area contributed by atoms with Gasteiger partial charge in [0.2, 0.25) is 0 Å². The van der Waals surface area contributed by atoms with Crippen LogP contribution in [0, 0.1) is 0 Å². The largest absolute Gasteiger partial charge is 0.250 e. The molecule has 0 atom stereocenters. The predicted molar refractivity (Wildman–Crippen MR) is 181 cm³/mol. The minimum atomic E-state index is -0.203. The Bertz CT molecular complexity index is 2100. The second kappa shape index (κ2) is 8.60. The van der Waals surface area contributed by atoms with Gasteiger partial charge in [-0.05, 0) is 57.6 Å². The lowest BCUT2D eigenvalue weighted by Crippen LogP contribution is -2.17. The quantitative estimate of drug-likeness (QED) is 0.204. The van der Waals surface area contributed by atoms with E-state index in [0.29, 0.717) is 0 Å². The van der Waals surface area contributed by atoms with E-state index in [0.717, 1.165) is 45.6 Å². The second-order valence-electron chi connectivity index (χ2n) is 14.3. The highest BCUT2D eigenvalue weighted by atomic mass is 14.9. The van der Waals surface area contributed by atoms with E-state index in [1.807, 2.05) is 0 Å². The molecule has 4 heteroatoms. The fourth-order valence-electron chi connectivity index (χ4n) is 8.09. The molecule has 4 heterocycles. The summed E-state index contributed by atoms with van der Waals surface area (Å²) in [6.07, 6.45) is 0. The van der Waals surface area contributed by atoms with Crippen LogP contribution in [0.1, 0.15) is 75.2 Å². The van der Waals surface area contributed by atoms with Crippen molar-refractivity contribution in [3.05, 3.63) is 131 Å². The zero-order chi connectivity index (χ0) is 30.9. The molecule has 45 heavy (non-hydrogen) atoms. The fraction of sp³-hybridized carbons (Fsp3) is 0.220. The first kappa shape index (κ1) is 26.4. The molecule has 0 bridgehead atoms. The van der Waals surface area contributed by atoms with Gasteiger partial charge in [-0.25, -0.2) is 19.9 Å². The average Bonchev–Trinajstić information content (AvgIpc) is 3.53. The van der Waals surface area contributed by atoms with Crippen LogP contribution in [-0.2, 0) is 16.2 Å². The Morgan fingerprint density at radius 1 is 0.333 bits per heavy atom. The van der Waals surface area contributed by atoms with Crippen molar-refractivity contribution in [1.82, 2.24) is 19.9 Å². The van der Waals surface area contributed by atoms with E-state index in [9.17, 15) is 0 Å². The molecule has 0 saturated carbocycles. The second-order valence-corrected chi connectivity index (χ2v) is 14.3. The molecule has 0 spiro atoms. The molecule has 218 valence electrons. The third-order valence-corrected chi connectivity index (χ3v) is 10.6. The summed E-state index contributed by atoms with van der Waals surface area (Å²) in [6, 6.07) is 34.7. The molecule has 0 unspecified atom stereocenters. The topological polar surface area (TPSA) is 51.6 Å². The first-order valence-corrected chi connectivity index (χ1v) is 15.8. The van der Waals surface area contributed by atoms with Crippen molar-refractivity contribution in [2.24, 2.45) is 0 Å². The maximum atomic E-state index is 5.28. The summed E-state index contributed by atoms with van der Waals surface area (Å²) in [5, 5.41) is 0. The minimum Gasteiger partial charge on any atom is -0.250 e. The van der Waals surface area contributed by atoms with E-state index >= 15 is 0 Å². The summed E-state index contributed by atoms with van der Waals surface area (Å²) in [7, 11) is 0. The molecular formula is C41H34N4. The summed E-state index contributed by atoms with van der Waals surface area (Å²) in [5.41, 5.74) is 17.1. The van der Waals surface area contributed by atoms with Gasteiger partial charge >= 0.3 is 0 Å². The third-order valence-electron chi connectivity index (χ3n) is 10.6. The Hall–Kier alpha value is -4.96. The van der Waals surface area contributed by atoms with Crippen molar-refractivity contribution in [2.75, 3.05) is 0 Å². The molecule has 0 N–H and O–H groups in total. The molecule has 0 saturated heterocycles. The molecular weight excluding hydrogens is 548 g/mol. The van der Waals surface area contributed by atoms with Gasteiger partial charge in [-0.2, -0.15) is 0 Å². The Balaban J connectivity index is 1.15. The fourth-order valence-corrected chi connectivity index (χ4v) is 8.09. The maximum Gasteiger partial charge on any atom is 0.0938 e. The van der Waals surface area contributed by atoms with Crippen LogP contribution < -0.4 is 0 Å². The summed E-state index contributed by atoms with van der Waals surface area (Å²) in [5.74, 6) is 0. The van der Waals surface area contributed by atoms with E-state index in [-0.39, 0.29) is 16.2 Å². The highest BCUT2D eigenvalue weighted by molar-refractivity contribution is 5.83. The molecule has 6 aromatic rings. The molecule has 0 radical (unpaired) electrons. The van der Waals surface area contributed by atoms with E-state index in [1.165, 1.54) is 44.5 Å². The van der Waals surface area contributed by atoms with E-state index in [1.54, 1.807) is 0 Å². The van der Waals surface area contributed by atoms with Crippen LogP contribution in [0.4, 0.5) is 0 Å². The zero-order valence-corrected chi connectivity index (χ0v) is 26.5. The van der Waals surface area contributed by atoms with Gasteiger partial charge in [-0.3, -0.25) is 0 Å². The van der Waals surface area contributed by atoms with Gasteiger partial charge in [-0.15, -0.1) is 0 Å². The zero-order valence-electron chi connectivity index (χ0n) is 26.5. The Morgan fingerprint density at radius 2 is 0.711 bits per heavy atom. The number of hydrogen-bond acceptors (Lipinski definition) is 4. The number of hydrogen-bond donors (Lipinski definition) is 0. The lowest BCUT2D eigenvalue weighted by Gasteiger charge is -2.21. The molecule has 4 aromatic heterocycles. The summed E-state index contributed by atoms with van der Waals surface area (Å²) < 4.78 is 0. The first-order valence-electron chi connectivity index (χ1n) is 15.8. The van der Waals surface area contributed by atoms with Gasteiger partial charge in [0.1, 0.15) is 0 Å². The number of aromatic nitrogens is 4. The van der Waals surface area contributed by atoms with E-state index in [4.69, 9.17) is 19.9 Å². The number of pyridine rings is 4.